The van der Waals surface area contributed by atoms with Gasteiger partial charge in [0.15, 0.2) is 0 Å². The number of allylic oxidation sites excluding steroid dienone is 1. The first-order valence-corrected chi connectivity index (χ1v) is 8.35. The average molecular weight is 353 g/mol. The molecule has 1 heterocycles. The number of halogens is 2. The van der Waals surface area contributed by atoms with Crippen molar-refractivity contribution < 1.29 is 13.6 Å². The van der Waals surface area contributed by atoms with Gasteiger partial charge in [-0.2, -0.15) is 8.78 Å². The molecule has 2 atom stereocenters. The maximum absolute atomic E-state index is 13.6. The third-order valence-corrected chi connectivity index (χ3v) is 4.74. The van der Waals surface area contributed by atoms with Crippen molar-refractivity contribution >= 4 is 22.9 Å². The van der Waals surface area contributed by atoms with Gasteiger partial charge in [0.1, 0.15) is 0 Å². The highest BCUT2D eigenvalue weighted by Crippen LogP contribution is 2.48. The van der Waals surface area contributed by atoms with E-state index < -0.39 is 5.92 Å². The van der Waals surface area contributed by atoms with E-state index in [2.05, 4.69) is 21.9 Å². The lowest BCUT2D eigenvalue weighted by Crippen LogP contribution is -2.15. The summed E-state index contributed by atoms with van der Waals surface area (Å²) in [5, 5.41) is 2.80. The van der Waals surface area contributed by atoms with Crippen molar-refractivity contribution in [3.63, 3.8) is 0 Å². The van der Waals surface area contributed by atoms with Crippen LogP contribution in [0.2, 0.25) is 0 Å². The number of carbonyl (C=O) groups is 1. The number of aromatic amines is 1. The van der Waals surface area contributed by atoms with Gasteiger partial charge >= 0.3 is 0 Å². The second-order valence-electron chi connectivity index (χ2n) is 6.49. The van der Waals surface area contributed by atoms with E-state index in [1.807, 2.05) is 24.3 Å². The zero-order chi connectivity index (χ0) is 18.3. The van der Waals surface area contributed by atoms with Crippen LogP contribution < -0.4 is 5.32 Å². The number of para-hydroxylation sites is 2. The van der Waals surface area contributed by atoms with E-state index in [9.17, 15) is 13.6 Å². The Labute approximate surface area is 149 Å². The molecule has 1 aromatic heterocycles. The van der Waals surface area contributed by atoms with Crippen LogP contribution in [0.3, 0.4) is 0 Å². The van der Waals surface area contributed by atoms with E-state index in [1.54, 1.807) is 12.1 Å². The molecule has 1 amide bonds. The Hall–Kier alpha value is -3.02. The number of benzene rings is 2. The highest BCUT2D eigenvalue weighted by Gasteiger charge is 2.44. The fraction of sp³-hybridized carbons (Fsp3) is 0.200. The van der Waals surface area contributed by atoms with Gasteiger partial charge in [0.25, 0.3) is 5.92 Å². The normalized spacial score (nSPS) is 19.3. The van der Waals surface area contributed by atoms with Crippen LogP contribution in [0.5, 0.6) is 0 Å². The van der Waals surface area contributed by atoms with Crippen molar-refractivity contribution in [1.29, 1.82) is 0 Å². The summed E-state index contributed by atoms with van der Waals surface area (Å²) in [7, 11) is 0. The van der Waals surface area contributed by atoms with E-state index in [0.717, 1.165) is 16.6 Å². The molecule has 1 fully saturated rings. The maximum Gasteiger partial charge on any atom is 0.291 e. The molecule has 2 aromatic carbocycles. The van der Waals surface area contributed by atoms with E-state index in [-0.39, 0.29) is 23.3 Å². The zero-order valence-corrected chi connectivity index (χ0v) is 13.9. The van der Waals surface area contributed by atoms with Crippen molar-refractivity contribution in [2.45, 2.75) is 18.3 Å². The number of fused-ring (bicyclic) bond motifs is 1. The standard InChI is InChI=1S/C20H17F2N3O/c1-2-20(21,22)13-9-7-12(8-10-13)14-11-15(14)18(26)25-19-23-16-5-3-4-6-17(16)24-19/h2-10,14-15H,1,11H2,(H2,23,24,25,26). The molecule has 0 aliphatic heterocycles. The van der Waals surface area contributed by atoms with Crippen molar-refractivity contribution in [3.05, 3.63) is 72.3 Å². The molecule has 0 saturated heterocycles. The molecular formula is C20H17F2N3O. The number of aromatic nitrogens is 2. The Morgan fingerprint density at radius 2 is 1.96 bits per heavy atom. The number of hydrogen-bond donors (Lipinski definition) is 2. The Morgan fingerprint density at radius 3 is 2.65 bits per heavy atom. The second kappa shape index (κ2) is 6.05. The number of nitrogens with zero attached hydrogens (tertiary/aromatic N) is 1. The number of anilines is 1. The number of carbonyl (C=O) groups excluding carboxylic acids is 1. The Kier molecular flexibility index (Phi) is 3.83. The summed E-state index contributed by atoms with van der Waals surface area (Å²) in [4.78, 5) is 19.8. The van der Waals surface area contributed by atoms with Gasteiger partial charge in [0.05, 0.1) is 11.0 Å². The molecule has 4 rings (SSSR count). The zero-order valence-electron chi connectivity index (χ0n) is 13.9. The molecule has 1 aliphatic rings. The maximum atomic E-state index is 13.6. The van der Waals surface area contributed by atoms with Crippen LogP contribution in [0.15, 0.2) is 61.2 Å². The quantitative estimate of drug-likeness (QED) is 0.660. The third-order valence-electron chi connectivity index (χ3n) is 4.74. The van der Waals surface area contributed by atoms with Crippen molar-refractivity contribution in [2.75, 3.05) is 5.32 Å². The Bertz CT molecular complexity index is 945. The SMILES string of the molecule is C=CC(F)(F)c1ccc(C2CC2C(=O)Nc2nc3ccccc3[nH]2)cc1. The smallest absolute Gasteiger partial charge is 0.291 e. The first kappa shape index (κ1) is 16.4. The predicted octanol–water partition coefficient (Wildman–Crippen LogP) is 4.58. The number of imidazole rings is 1. The van der Waals surface area contributed by atoms with Crippen LogP contribution in [0.1, 0.15) is 23.5 Å². The molecule has 1 saturated carbocycles. The molecule has 132 valence electrons. The number of H-pyrrole nitrogens is 1. The average Bonchev–Trinajstić information content (AvgIpc) is 3.35. The number of amides is 1. The molecule has 3 aromatic rings. The largest absolute Gasteiger partial charge is 0.324 e. The second-order valence-corrected chi connectivity index (χ2v) is 6.49. The topological polar surface area (TPSA) is 57.8 Å². The van der Waals surface area contributed by atoms with Crippen LogP contribution in [0.4, 0.5) is 14.7 Å². The van der Waals surface area contributed by atoms with Crippen molar-refractivity contribution in [3.8, 4) is 0 Å². The number of rotatable bonds is 5. The molecule has 1 aliphatic carbocycles. The summed E-state index contributed by atoms with van der Waals surface area (Å²) in [5.74, 6) is -2.86. The van der Waals surface area contributed by atoms with Gasteiger partial charge in [-0.15, -0.1) is 0 Å². The molecule has 6 heteroatoms. The molecular weight excluding hydrogens is 336 g/mol. The number of hydrogen-bond acceptors (Lipinski definition) is 2. The van der Waals surface area contributed by atoms with Gasteiger partial charge in [0, 0.05) is 11.5 Å². The summed E-state index contributed by atoms with van der Waals surface area (Å²) >= 11 is 0. The van der Waals surface area contributed by atoms with Gasteiger partial charge in [-0.05, 0) is 36.1 Å². The van der Waals surface area contributed by atoms with Gasteiger partial charge in [-0.1, -0.05) is 43.0 Å². The van der Waals surface area contributed by atoms with Crippen LogP contribution >= 0.6 is 0 Å². The van der Waals surface area contributed by atoms with Crippen LogP contribution in [-0.4, -0.2) is 15.9 Å². The summed E-state index contributed by atoms with van der Waals surface area (Å²) in [6.07, 6.45) is 1.33. The lowest BCUT2D eigenvalue weighted by atomic mass is 10.0. The van der Waals surface area contributed by atoms with Gasteiger partial charge in [-0.3, -0.25) is 10.1 Å². The number of alkyl halides is 2. The van der Waals surface area contributed by atoms with Crippen molar-refractivity contribution in [1.82, 2.24) is 9.97 Å². The van der Waals surface area contributed by atoms with Crippen LogP contribution in [0.25, 0.3) is 11.0 Å². The minimum Gasteiger partial charge on any atom is -0.324 e. The molecule has 0 bridgehead atoms. The first-order valence-electron chi connectivity index (χ1n) is 8.35. The molecule has 2 N–H and O–H groups in total. The minimum atomic E-state index is -3.04. The third kappa shape index (κ3) is 2.98. The highest BCUT2D eigenvalue weighted by atomic mass is 19.3. The van der Waals surface area contributed by atoms with E-state index >= 15 is 0 Å². The van der Waals surface area contributed by atoms with Crippen molar-refractivity contribution in [2.24, 2.45) is 5.92 Å². The fourth-order valence-electron chi connectivity index (χ4n) is 3.14. The minimum absolute atomic E-state index is 0.0470. The Morgan fingerprint density at radius 1 is 1.23 bits per heavy atom. The van der Waals surface area contributed by atoms with Gasteiger partial charge in [-0.25, -0.2) is 4.98 Å². The van der Waals surface area contributed by atoms with Crippen LogP contribution in [-0.2, 0) is 10.7 Å². The van der Waals surface area contributed by atoms with E-state index in [4.69, 9.17) is 0 Å². The molecule has 0 spiro atoms. The summed E-state index contributed by atoms with van der Waals surface area (Å²) < 4.78 is 27.2. The molecule has 0 radical (unpaired) electrons. The van der Waals surface area contributed by atoms with Gasteiger partial charge < -0.3 is 4.98 Å². The monoisotopic (exact) mass is 353 g/mol. The first-order chi connectivity index (χ1) is 12.5. The van der Waals surface area contributed by atoms with Gasteiger partial charge in [0.2, 0.25) is 11.9 Å². The molecule has 4 nitrogen and oxygen atoms in total. The lowest BCUT2D eigenvalue weighted by molar-refractivity contribution is -0.117. The number of nitrogens with one attached hydrogen (secondary N) is 2. The Balaban J connectivity index is 1.43. The summed E-state index contributed by atoms with van der Waals surface area (Å²) in [6.45, 7) is 3.16. The summed E-state index contributed by atoms with van der Waals surface area (Å²) in [6, 6.07) is 13.6. The fourth-order valence-corrected chi connectivity index (χ4v) is 3.14. The van der Waals surface area contributed by atoms with E-state index in [1.165, 1.54) is 12.1 Å². The molecule has 26 heavy (non-hydrogen) atoms. The predicted molar refractivity (Wildman–Crippen MR) is 96.1 cm³/mol. The highest BCUT2D eigenvalue weighted by molar-refractivity contribution is 5.95. The lowest BCUT2D eigenvalue weighted by Gasteiger charge is -2.12. The summed E-state index contributed by atoms with van der Waals surface area (Å²) in [5.41, 5.74) is 2.43. The molecule has 2 unspecified atom stereocenters. The van der Waals surface area contributed by atoms with Crippen LogP contribution in [0, 0.1) is 5.92 Å². The van der Waals surface area contributed by atoms with E-state index in [0.29, 0.717) is 18.4 Å².